The van der Waals surface area contributed by atoms with Crippen LogP contribution in [-0.4, -0.2) is 29.1 Å². The van der Waals surface area contributed by atoms with E-state index < -0.39 is 11.9 Å². The zero-order chi connectivity index (χ0) is 17.5. The highest BCUT2D eigenvalue weighted by Gasteiger charge is 2.06. The quantitative estimate of drug-likeness (QED) is 0.578. The van der Waals surface area contributed by atoms with Crippen molar-refractivity contribution in [3.05, 3.63) is 65.2 Å². The lowest BCUT2D eigenvalue weighted by Crippen LogP contribution is -2.18. The Morgan fingerprint density at radius 3 is 2.38 bits per heavy atom. The zero-order valence-corrected chi connectivity index (χ0v) is 12.8. The molecule has 0 spiro atoms. The average Bonchev–Trinajstić information content (AvgIpc) is 2.55. The Bertz CT molecular complexity index is 798. The van der Waals surface area contributed by atoms with Crippen LogP contribution in [0.3, 0.4) is 0 Å². The molecule has 24 heavy (non-hydrogen) atoms. The third-order valence-electron chi connectivity index (χ3n) is 2.98. The van der Waals surface area contributed by atoms with Crippen LogP contribution in [0.25, 0.3) is 0 Å². The molecule has 7 nitrogen and oxygen atoms in total. The van der Waals surface area contributed by atoms with E-state index in [1.807, 2.05) is 0 Å². The standard InChI is InChI=1S/C17H15N3O4/c1-11(21)19-15-4-2-3-14(9-15)16(22)20-18-10-12-5-7-13(8-6-12)17(23)24/h2-10H,1H3,(H,19,21)(H,20,22)(H,23,24). The fourth-order valence-electron chi connectivity index (χ4n) is 1.88. The molecule has 0 unspecified atom stereocenters. The van der Waals surface area contributed by atoms with Gasteiger partial charge in [0, 0.05) is 18.2 Å². The predicted octanol–water partition coefficient (Wildman–Crippen LogP) is 2.11. The van der Waals surface area contributed by atoms with Crippen LogP contribution in [0.5, 0.6) is 0 Å². The van der Waals surface area contributed by atoms with E-state index in [2.05, 4.69) is 15.8 Å². The lowest BCUT2D eigenvalue weighted by atomic mass is 10.1. The summed E-state index contributed by atoms with van der Waals surface area (Å²) < 4.78 is 0. The van der Waals surface area contributed by atoms with Gasteiger partial charge in [-0.1, -0.05) is 18.2 Å². The number of carboxylic acids is 1. The van der Waals surface area contributed by atoms with Crippen molar-refractivity contribution in [3.8, 4) is 0 Å². The van der Waals surface area contributed by atoms with E-state index in [0.717, 1.165) is 0 Å². The molecule has 0 aliphatic carbocycles. The molecule has 0 aliphatic heterocycles. The molecule has 0 saturated heterocycles. The van der Waals surface area contributed by atoms with Crippen LogP contribution in [0.4, 0.5) is 5.69 Å². The molecule has 0 heterocycles. The second kappa shape index (κ2) is 7.68. The van der Waals surface area contributed by atoms with Gasteiger partial charge < -0.3 is 10.4 Å². The van der Waals surface area contributed by atoms with Crippen LogP contribution >= 0.6 is 0 Å². The maximum Gasteiger partial charge on any atom is 0.335 e. The molecular formula is C17H15N3O4. The molecule has 7 heteroatoms. The number of rotatable bonds is 5. The number of nitrogens with one attached hydrogen (secondary N) is 2. The van der Waals surface area contributed by atoms with Gasteiger partial charge in [0.25, 0.3) is 5.91 Å². The number of carbonyl (C=O) groups excluding carboxylic acids is 2. The highest BCUT2D eigenvalue weighted by molar-refractivity contribution is 5.97. The molecule has 3 N–H and O–H groups in total. The summed E-state index contributed by atoms with van der Waals surface area (Å²) in [4.78, 5) is 33.8. The largest absolute Gasteiger partial charge is 0.478 e. The summed E-state index contributed by atoms with van der Waals surface area (Å²) in [6, 6.07) is 12.5. The maximum absolute atomic E-state index is 12.0. The first-order valence-corrected chi connectivity index (χ1v) is 7.00. The number of amides is 2. The van der Waals surface area contributed by atoms with Crippen LogP contribution in [0, 0.1) is 0 Å². The van der Waals surface area contributed by atoms with Crippen molar-refractivity contribution in [1.82, 2.24) is 5.43 Å². The van der Waals surface area contributed by atoms with Gasteiger partial charge in [-0.2, -0.15) is 5.10 Å². The Hall–Kier alpha value is -3.48. The molecule has 0 aromatic heterocycles. The first-order valence-electron chi connectivity index (χ1n) is 7.00. The number of aromatic carboxylic acids is 1. The van der Waals surface area contributed by atoms with Crippen molar-refractivity contribution >= 4 is 29.7 Å². The normalized spacial score (nSPS) is 10.4. The van der Waals surface area contributed by atoms with Crippen LogP contribution in [0.2, 0.25) is 0 Å². The van der Waals surface area contributed by atoms with Gasteiger partial charge in [-0.3, -0.25) is 9.59 Å². The Morgan fingerprint density at radius 1 is 1.04 bits per heavy atom. The summed E-state index contributed by atoms with van der Waals surface area (Å²) >= 11 is 0. The number of hydrazone groups is 1. The zero-order valence-electron chi connectivity index (χ0n) is 12.8. The molecule has 2 aromatic rings. The first kappa shape index (κ1) is 16.9. The number of carbonyl (C=O) groups is 3. The number of benzene rings is 2. The number of anilines is 1. The molecule has 0 aliphatic rings. The molecule has 2 amide bonds. The van der Waals surface area contributed by atoms with E-state index in [4.69, 9.17) is 5.11 Å². The fourth-order valence-corrected chi connectivity index (χ4v) is 1.88. The SMILES string of the molecule is CC(=O)Nc1cccc(C(=O)NN=Cc2ccc(C(=O)O)cc2)c1. The average molecular weight is 325 g/mol. The van der Waals surface area contributed by atoms with Gasteiger partial charge in [-0.15, -0.1) is 0 Å². The number of carboxylic acid groups (broad SMARTS) is 1. The molecule has 2 aromatic carbocycles. The number of hydrogen-bond acceptors (Lipinski definition) is 4. The summed E-state index contributed by atoms with van der Waals surface area (Å²) in [5, 5.41) is 15.2. The molecule has 0 bridgehead atoms. The fraction of sp³-hybridized carbons (Fsp3) is 0.0588. The van der Waals surface area contributed by atoms with Gasteiger partial charge in [0.1, 0.15) is 0 Å². The van der Waals surface area contributed by atoms with E-state index >= 15 is 0 Å². The van der Waals surface area contributed by atoms with Crippen LogP contribution in [-0.2, 0) is 4.79 Å². The summed E-state index contributed by atoms with van der Waals surface area (Å²) in [7, 11) is 0. The van der Waals surface area contributed by atoms with Gasteiger partial charge in [0.05, 0.1) is 11.8 Å². The highest BCUT2D eigenvalue weighted by atomic mass is 16.4. The Labute approximate surface area is 138 Å². The second-order valence-corrected chi connectivity index (χ2v) is 4.89. The molecule has 2 rings (SSSR count). The van der Waals surface area contributed by atoms with Gasteiger partial charge in [-0.05, 0) is 35.9 Å². The Balaban J connectivity index is 1.99. The van der Waals surface area contributed by atoms with Crippen molar-refractivity contribution in [2.24, 2.45) is 5.10 Å². The van der Waals surface area contributed by atoms with E-state index in [9.17, 15) is 14.4 Å². The van der Waals surface area contributed by atoms with Crippen molar-refractivity contribution in [2.45, 2.75) is 6.92 Å². The molecule has 0 saturated carbocycles. The van der Waals surface area contributed by atoms with E-state index in [1.165, 1.54) is 31.3 Å². The molecule has 0 radical (unpaired) electrons. The smallest absolute Gasteiger partial charge is 0.335 e. The van der Waals surface area contributed by atoms with E-state index in [1.54, 1.807) is 30.3 Å². The summed E-state index contributed by atoms with van der Waals surface area (Å²) in [5.74, 6) is -1.66. The lowest BCUT2D eigenvalue weighted by Gasteiger charge is -2.04. The number of nitrogens with zero attached hydrogens (tertiary/aromatic N) is 1. The third-order valence-corrected chi connectivity index (χ3v) is 2.98. The topological polar surface area (TPSA) is 108 Å². The lowest BCUT2D eigenvalue weighted by molar-refractivity contribution is -0.114. The minimum Gasteiger partial charge on any atom is -0.478 e. The van der Waals surface area contributed by atoms with Gasteiger partial charge in [0.2, 0.25) is 5.91 Å². The monoisotopic (exact) mass is 325 g/mol. The minimum atomic E-state index is -1.01. The van der Waals surface area contributed by atoms with E-state index in [0.29, 0.717) is 16.8 Å². The van der Waals surface area contributed by atoms with Gasteiger partial charge in [-0.25, -0.2) is 10.2 Å². The summed E-state index contributed by atoms with van der Waals surface area (Å²) in [6.45, 7) is 1.38. The minimum absolute atomic E-state index is 0.172. The maximum atomic E-state index is 12.0. The van der Waals surface area contributed by atoms with E-state index in [-0.39, 0.29) is 11.5 Å². The van der Waals surface area contributed by atoms with Crippen molar-refractivity contribution in [2.75, 3.05) is 5.32 Å². The van der Waals surface area contributed by atoms with Crippen molar-refractivity contribution in [1.29, 1.82) is 0 Å². The summed E-state index contributed by atoms with van der Waals surface area (Å²) in [6.07, 6.45) is 1.40. The molecular weight excluding hydrogens is 310 g/mol. The van der Waals surface area contributed by atoms with Crippen molar-refractivity contribution < 1.29 is 19.5 Å². The molecule has 0 atom stereocenters. The summed E-state index contributed by atoms with van der Waals surface area (Å²) in [5.41, 5.74) is 4.05. The second-order valence-electron chi connectivity index (χ2n) is 4.89. The van der Waals surface area contributed by atoms with Gasteiger partial charge >= 0.3 is 5.97 Å². The van der Waals surface area contributed by atoms with Crippen LogP contribution < -0.4 is 10.7 Å². The first-order chi connectivity index (χ1) is 11.5. The molecule has 0 fully saturated rings. The Kier molecular flexibility index (Phi) is 5.40. The van der Waals surface area contributed by atoms with Crippen LogP contribution in [0.1, 0.15) is 33.2 Å². The third kappa shape index (κ3) is 4.77. The Morgan fingerprint density at radius 2 is 1.75 bits per heavy atom. The predicted molar refractivity (Wildman–Crippen MR) is 89.2 cm³/mol. The molecule has 122 valence electrons. The van der Waals surface area contributed by atoms with Crippen molar-refractivity contribution in [3.63, 3.8) is 0 Å². The number of hydrogen-bond donors (Lipinski definition) is 3. The van der Waals surface area contributed by atoms with Crippen LogP contribution in [0.15, 0.2) is 53.6 Å². The highest BCUT2D eigenvalue weighted by Crippen LogP contribution is 2.10. The van der Waals surface area contributed by atoms with Gasteiger partial charge in [0.15, 0.2) is 0 Å².